The molecular weight excluding hydrogens is 202 g/mol. The third-order valence-electron chi connectivity index (χ3n) is 1.89. The van der Waals surface area contributed by atoms with Crippen molar-refractivity contribution >= 4 is 6.09 Å². The number of alkyl carbamates (subject to hydrolysis) is 1. The topological polar surface area (TPSA) is 38.3 Å². The van der Waals surface area contributed by atoms with Crippen molar-refractivity contribution in [2.24, 2.45) is 0 Å². The zero-order valence-electron chi connectivity index (χ0n) is 9.99. The van der Waals surface area contributed by atoms with Crippen LogP contribution in [0.3, 0.4) is 0 Å². The van der Waals surface area contributed by atoms with Gasteiger partial charge in [0.05, 0.1) is 6.04 Å². The van der Waals surface area contributed by atoms with E-state index in [1.54, 1.807) is 0 Å². The van der Waals surface area contributed by atoms with Crippen LogP contribution in [-0.2, 0) is 4.74 Å². The van der Waals surface area contributed by atoms with Crippen molar-refractivity contribution in [3.63, 3.8) is 0 Å². The Bertz CT molecular complexity index is 341. The summed E-state index contributed by atoms with van der Waals surface area (Å²) in [5.74, 6) is 0. The molecule has 3 heteroatoms. The number of carbonyl (C=O) groups is 1. The number of nitrogens with one attached hydrogen (secondary N) is 1. The lowest BCUT2D eigenvalue weighted by atomic mass is 10.1. The summed E-state index contributed by atoms with van der Waals surface area (Å²) in [6.45, 7) is 9.35. The SMILES string of the molecule is [CH2][C@H](NC(=O)OC(C)(C)C)c1ccccc1. The van der Waals surface area contributed by atoms with Gasteiger partial charge in [0.2, 0.25) is 0 Å². The molecule has 1 rings (SSSR count). The first-order valence-electron chi connectivity index (χ1n) is 5.26. The minimum Gasteiger partial charge on any atom is -0.444 e. The minimum atomic E-state index is -0.486. The van der Waals surface area contributed by atoms with Crippen molar-refractivity contribution in [2.75, 3.05) is 0 Å². The average Bonchev–Trinajstić information content (AvgIpc) is 2.16. The molecule has 0 spiro atoms. The van der Waals surface area contributed by atoms with Crippen molar-refractivity contribution < 1.29 is 9.53 Å². The summed E-state index contributed by atoms with van der Waals surface area (Å²) in [7, 11) is 0. The Morgan fingerprint density at radius 2 is 1.88 bits per heavy atom. The summed E-state index contributed by atoms with van der Waals surface area (Å²) in [4.78, 5) is 11.5. The molecule has 0 aromatic heterocycles. The number of benzene rings is 1. The van der Waals surface area contributed by atoms with Crippen LogP contribution in [0.1, 0.15) is 32.4 Å². The Kier molecular flexibility index (Phi) is 3.93. The molecule has 0 bridgehead atoms. The second-order valence-electron chi connectivity index (χ2n) is 4.61. The molecule has 0 aliphatic carbocycles. The number of rotatable bonds is 2. The van der Waals surface area contributed by atoms with E-state index < -0.39 is 11.7 Å². The van der Waals surface area contributed by atoms with E-state index in [0.29, 0.717) is 0 Å². The largest absolute Gasteiger partial charge is 0.444 e. The maximum atomic E-state index is 11.5. The van der Waals surface area contributed by atoms with Crippen molar-refractivity contribution in [3.05, 3.63) is 42.8 Å². The lowest BCUT2D eigenvalue weighted by molar-refractivity contribution is 0.0513. The van der Waals surface area contributed by atoms with Gasteiger partial charge in [0.15, 0.2) is 0 Å². The van der Waals surface area contributed by atoms with E-state index >= 15 is 0 Å². The fourth-order valence-electron chi connectivity index (χ4n) is 1.22. The van der Waals surface area contributed by atoms with Crippen LogP contribution in [0.5, 0.6) is 0 Å². The molecule has 0 aliphatic rings. The summed E-state index contributed by atoms with van der Waals surface area (Å²) >= 11 is 0. The Labute approximate surface area is 96.8 Å². The molecule has 0 aliphatic heterocycles. The zero-order valence-corrected chi connectivity index (χ0v) is 9.99. The first-order chi connectivity index (χ1) is 7.38. The fraction of sp³-hybridized carbons (Fsp3) is 0.385. The summed E-state index contributed by atoms with van der Waals surface area (Å²) in [6.07, 6.45) is -0.448. The monoisotopic (exact) mass is 220 g/mol. The van der Waals surface area contributed by atoms with Crippen molar-refractivity contribution in [2.45, 2.75) is 32.4 Å². The standard InChI is InChI=1S/C13H18NO2/c1-10(11-8-6-5-7-9-11)14-12(15)16-13(2,3)4/h5-10H,1H2,2-4H3,(H,14,15)/t10-/m0/s1. The van der Waals surface area contributed by atoms with E-state index in [9.17, 15) is 4.79 Å². The Hall–Kier alpha value is -1.51. The quantitative estimate of drug-likeness (QED) is 0.831. The van der Waals surface area contributed by atoms with Gasteiger partial charge in [-0.15, -0.1) is 0 Å². The van der Waals surface area contributed by atoms with Gasteiger partial charge in [0, 0.05) is 0 Å². The van der Waals surface area contributed by atoms with Gasteiger partial charge in [-0.2, -0.15) is 0 Å². The van der Waals surface area contributed by atoms with Gasteiger partial charge in [0.25, 0.3) is 0 Å². The highest BCUT2D eigenvalue weighted by Crippen LogP contribution is 2.12. The lowest BCUT2D eigenvalue weighted by Gasteiger charge is -2.22. The van der Waals surface area contributed by atoms with Crippen LogP contribution in [0.2, 0.25) is 0 Å². The first kappa shape index (κ1) is 12.6. The fourth-order valence-corrected chi connectivity index (χ4v) is 1.22. The van der Waals surface area contributed by atoms with Crippen LogP contribution < -0.4 is 5.32 Å². The third-order valence-corrected chi connectivity index (χ3v) is 1.89. The molecule has 0 unspecified atom stereocenters. The number of carbonyl (C=O) groups excluding carboxylic acids is 1. The van der Waals surface area contributed by atoms with Crippen molar-refractivity contribution in [1.29, 1.82) is 0 Å². The molecule has 1 N–H and O–H groups in total. The number of amides is 1. The molecule has 1 radical (unpaired) electrons. The first-order valence-corrected chi connectivity index (χ1v) is 5.26. The maximum Gasteiger partial charge on any atom is 0.408 e. The summed E-state index contributed by atoms with van der Waals surface area (Å²) in [5.41, 5.74) is 0.467. The van der Waals surface area contributed by atoms with Gasteiger partial charge in [-0.1, -0.05) is 30.3 Å². The van der Waals surface area contributed by atoms with Gasteiger partial charge >= 0.3 is 6.09 Å². The van der Waals surface area contributed by atoms with Crippen LogP contribution in [0, 0.1) is 6.92 Å². The van der Waals surface area contributed by atoms with Crippen molar-refractivity contribution in [3.8, 4) is 0 Å². The molecule has 1 amide bonds. The number of hydrogen-bond acceptors (Lipinski definition) is 2. The van der Waals surface area contributed by atoms with E-state index in [2.05, 4.69) is 12.2 Å². The molecule has 3 nitrogen and oxygen atoms in total. The van der Waals surface area contributed by atoms with Crippen LogP contribution in [-0.4, -0.2) is 11.7 Å². The Morgan fingerprint density at radius 3 is 2.38 bits per heavy atom. The van der Waals surface area contributed by atoms with Crippen molar-refractivity contribution in [1.82, 2.24) is 5.32 Å². The lowest BCUT2D eigenvalue weighted by Crippen LogP contribution is -2.34. The van der Waals surface area contributed by atoms with E-state index in [0.717, 1.165) is 5.56 Å². The second kappa shape index (κ2) is 5.01. The van der Waals surface area contributed by atoms with Gasteiger partial charge in [-0.3, -0.25) is 0 Å². The Morgan fingerprint density at radius 1 is 1.31 bits per heavy atom. The highest BCUT2D eigenvalue weighted by Gasteiger charge is 2.17. The molecule has 16 heavy (non-hydrogen) atoms. The summed E-state index contributed by atoms with van der Waals surface area (Å²) < 4.78 is 5.14. The van der Waals surface area contributed by atoms with E-state index in [1.807, 2.05) is 51.1 Å². The smallest absolute Gasteiger partial charge is 0.408 e. The minimum absolute atomic E-state index is 0.295. The number of ether oxygens (including phenoxy) is 1. The second-order valence-corrected chi connectivity index (χ2v) is 4.61. The van der Waals surface area contributed by atoms with Gasteiger partial charge in [-0.25, -0.2) is 4.79 Å². The predicted molar refractivity (Wildman–Crippen MR) is 63.9 cm³/mol. The zero-order chi connectivity index (χ0) is 12.2. The van der Waals surface area contributed by atoms with E-state index in [-0.39, 0.29) is 6.04 Å². The van der Waals surface area contributed by atoms with Gasteiger partial charge in [-0.05, 0) is 33.3 Å². The molecule has 0 fully saturated rings. The molecule has 1 aromatic carbocycles. The van der Waals surface area contributed by atoms with Crippen LogP contribution in [0.15, 0.2) is 30.3 Å². The van der Waals surface area contributed by atoms with Crippen LogP contribution in [0.25, 0.3) is 0 Å². The molecule has 0 saturated heterocycles. The molecule has 0 heterocycles. The number of hydrogen-bond donors (Lipinski definition) is 1. The average molecular weight is 220 g/mol. The summed E-state index contributed by atoms with van der Waals surface area (Å²) in [5, 5.41) is 2.68. The molecule has 1 atom stereocenters. The van der Waals surface area contributed by atoms with Gasteiger partial charge in [0.1, 0.15) is 5.60 Å². The molecule has 1 aromatic rings. The molecule has 87 valence electrons. The summed E-state index contributed by atoms with van der Waals surface area (Å²) in [6, 6.07) is 9.26. The van der Waals surface area contributed by atoms with Crippen LogP contribution >= 0.6 is 0 Å². The Balaban J connectivity index is 2.52. The maximum absolute atomic E-state index is 11.5. The molecular formula is C13H18NO2. The highest BCUT2D eigenvalue weighted by molar-refractivity contribution is 5.68. The third kappa shape index (κ3) is 4.34. The molecule has 0 saturated carbocycles. The van der Waals surface area contributed by atoms with E-state index in [4.69, 9.17) is 4.74 Å². The van der Waals surface area contributed by atoms with Gasteiger partial charge < -0.3 is 10.1 Å². The predicted octanol–water partition coefficient (Wildman–Crippen LogP) is 3.09. The normalized spacial score (nSPS) is 13.0. The highest BCUT2D eigenvalue weighted by atomic mass is 16.6. The van der Waals surface area contributed by atoms with Crippen LogP contribution in [0.4, 0.5) is 4.79 Å². The van der Waals surface area contributed by atoms with E-state index in [1.165, 1.54) is 0 Å².